The van der Waals surface area contributed by atoms with Gasteiger partial charge in [0, 0.05) is 11.3 Å². The van der Waals surface area contributed by atoms with Crippen LogP contribution in [0.15, 0.2) is 29.4 Å². The number of aldehydes is 1. The summed E-state index contributed by atoms with van der Waals surface area (Å²) >= 11 is 4.27. The Bertz CT molecular complexity index is 363. The molecule has 0 spiro atoms. The molecule has 1 atom stereocenters. The number of carbonyl (C=O) groups is 1. The first-order chi connectivity index (χ1) is 6.81. The van der Waals surface area contributed by atoms with Crippen LogP contribution in [-0.4, -0.2) is 18.1 Å². The van der Waals surface area contributed by atoms with Crippen LogP contribution in [0.1, 0.15) is 10.4 Å². The highest BCUT2D eigenvalue weighted by Gasteiger charge is 2.16. The van der Waals surface area contributed by atoms with Crippen molar-refractivity contribution >= 4 is 30.9 Å². The second-order valence-corrected chi connectivity index (χ2v) is 3.35. The molecule has 0 bridgehead atoms. The molecule has 0 amide bonds. The minimum Gasteiger partial charge on any atom is -0.300 e. The third kappa shape index (κ3) is 1.58. The Kier molecular flexibility index (Phi) is 2.41. The molecule has 72 valence electrons. The summed E-state index contributed by atoms with van der Waals surface area (Å²) in [6, 6.07) is 7.22. The highest BCUT2D eigenvalue weighted by atomic mass is 32.1. The molecule has 1 aliphatic rings. The highest BCUT2D eigenvalue weighted by Crippen LogP contribution is 2.18. The minimum atomic E-state index is -0.142. The largest absolute Gasteiger partial charge is 0.300 e. The fourth-order valence-electron chi connectivity index (χ4n) is 1.22. The summed E-state index contributed by atoms with van der Waals surface area (Å²) in [5.41, 5.74) is 4.25. The number of carbonyl (C=O) groups excluding carboxylic acids is 1. The molecule has 1 unspecified atom stereocenters. The van der Waals surface area contributed by atoms with Crippen LogP contribution >= 0.6 is 12.6 Å². The molecule has 0 aromatic heterocycles. The van der Waals surface area contributed by atoms with Gasteiger partial charge in [-0.05, 0) is 24.3 Å². The third-order valence-electron chi connectivity index (χ3n) is 1.96. The zero-order chi connectivity index (χ0) is 9.97. The van der Waals surface area contributed by atoms with Gasteiger partial charge in [-0.15, -0.1) is 12.6 Å². The van der Waals surface area contributed by atoms with Gasteiger partial charge >= 0.3 is 0 Å². The number of nitrogens with zero attached hydrogens (tertiary/aromatic N) is 2. The first-order valence-corrected chi connectivity index (χ1v) is 4.63. The molecule has 1 N–H and O–H groups in total. The number of hydrogen-bond acceptors (Lipinski definition) is 5. The maximum atomic E-state index is 10.4. The molecule has 4 nitrogen and oxygen atoms in total. The van der Waals surface area contributed by atoms with Crippen molar-refractivity contribution in [3.63, 3.8) is 0 Å². The Morgan fingerprint density at radius 2 is 2.14 bits per heavy atom. The van der Waals surface area contributed by atoms with E-state index in [1.165, 1.54) is 0 Å². The summed E-state index contributed by atoms with van der Waals surface area (Å²) in [6.07, 6.45) is 2.48. The lowest BCUT2D eigenvalue weighted by Crippen LogP contribution is -2.31. The number of benzene rings is 1. The summed E-state index contributed by atoms with van der Waals surface area (Å²) in [5, 5.41) is 3.87. The van der Waals surface area contributed by atoms with Gasteiger partial charge in [0.2, 0.25) is 0 Å². The molecule has 0 radical (unpaired) electrons. The van der Waals surface area contributed by atoms with Crippen LogP contribution in [0.4, 0.5) is 5.69 Å². The summed E-state index contributed by atoms with van der Waals surface area (Å²) < 4.78 is 0. The molecule has 0 saturated heterocycles. The molecule has 14 heavy (non-hydrogen) atoms. The molecule has 5 heteroatoms. The van der Waals surface area contributed by atoms with Crippen LogP contribution in [0, 0.1) is 0 Å². The van der Waals surface area contributed by atoms with Crippen LogP contribution < -0.4 is 10.3 Å². The van der Waals surface area contributed by atoms with Gasteiger partial charge < -0.3 is 0 Å². The van der Waals surface area contributed by atoms with Gasteiger partial charge in [0.15, 0.2) is 5.50 Å². The van der Waals surface area contributed by atoms with Gasteiger partial charge in [-0.25, -0.2) is 0 Å². The highest BCUT2D eigenvalue weighted by molar-refractivity contribution is 7.81. The van der Waals surface area contributed by atoms with Gasteiger partial charge in [-0.2, -0.15) is 5.10 Å². The van der Waals surface area contributed by atoms with Gasteiger partial charge in [-0.1, -0.05) is 0 Å². The van der Waals surface area contributed by atoms with E-state index in [9.17, 15) is 4.79 Å². The maximum absolute atomic E-state index is 10.4. The van der Waals surface area contributed by atoms with E-state index in [-0.39, 0.29) is 5.50 Å². The smallest absolute Gasteiger partial charge is 0.165 e. The number of rotatable bonds is 2. The average molecular weight is 207 g/mol. The molecule has 1 aromatic rings. The van der Waals surface area contributed by atoms with E-state index in [2.05, 4.69) is 23.2 Å². The molecular weight excluding hydrogens is 198 g/mol. The fourth-order valence-corrected chi connectivity index (χ4v) is 1.48. The summed E-state index contributed by atoms with van der Waals surface area (Å²) in [4.78, 5) is 12.3. The van der Waals surface area contributed by atoms with E-state index in [1.54, 1.807) is 18.5 Å². The molecule has 1 aliphatic heterocycles. The Labute approximate surface area is 87.0 Å². The lowest BCUT2D eigenvalue weighted by atomic mass is 10.2. The minimum absolute atomic E-state index is 0.142. The average Bonchev–Trinajstić information content (AvgIpc) is 2.65. The molecule has 1 aromatic carbocycles. The van der Waals surface area contributed by atoms with Crippen molar-refractivity contribution in [2.45, 2.75) is 5.50 Å². The number of nitrogens with one attached hydrogen (secondary N) is 1. The SMILES string of the molecule is O=Cc1ccc(N2C=NNC2S)cc1. The van der Waals surface area contributed by atoms with Crippen molar-refractivity contribution in [2.75, 3.05) is 4.90 Å². The van der Waals surface area contributed by atoms with Gasteiger partial charge in [-0.3, -0.25) is 15.1 Å². The quantitative estimate of drug-likeness (QED) is 0.563. The zero-order valence-corrected chi connectivity index (χ0v) is 8.19. The Hall–Kier alpha value is -1.49. The van der Waals surface area contributed by atoms with Gasteiger partial charge in [0.05, 0.1) is 0 Å². The first-order valence-electron chi connectivity index (χ1n) is 4.11. The summed E-state index contributed by atoms with van der Waals surface area (Å²) in [7, 11) is 0. The number of hydrazone groups is 1. The van der Waals surface area contributed by atoms with E-state index in [4.69, 9.17) is 0 Å². The Morgan fingerprint density at radius 1 is 1.43 bits per heavy atom. The Morgan fingerprint density at radius 3 is 2.64 bits per heavy atom. The predicted octanol–water partition coefficient (Wildman–Crippen LogP) is 1.07. The fraction of sp³-hybridized carbons (Fsp3) is 0.111. The number of hydrogen-bond donors (Lipinski definition) is 2. The lowest BCUT2D eigenvalue weighted by molar-refractivity contribution is 0.112. The van der Waals surface area contributed by atoms with Crippen LogP contribution in [0.25, 0.3) is 0 Å². The molecule has 2 rings (SSSR count). The van der Waals surface area contributed by atoms with Crippen molar-refractivity contribution in [3.8, 4) is 0 Å². The van der Waals surface area contributed by atoms with Crippen molar-refractivity contribution in [2.24, 2.45) is 5.10 Å². The van der Waals surface area contributed by atoms with Crippen LogP contribution in [-0.2, 0) is 0 Å². The van der Waals surface area contributed by atoms with Crippen molar-refractivity contribution in [1.29, 1.82) is 0 Å². The number of thiol groups is 1. The van der Waals surface area contributed by atoms with E-state index in [0.29, 0.717) is 5.56 Å². The molecule has 0 saturated carbocycles. The summed E-state index contributed by atoms with van der Waals surface area (Å²) in [6.45, 7) is 0. The standard InChI is InChI=1S/C9H9N3OS/c13-5-7-1-3-8(4-2-7)12-6-10-11-9(12)14/h1-6,9,11,14H. The molecule has 1 heterocycles. The normalized spacial score (nSPS) is 19.5. The predicted molar refractivity (Wildman–Crippen MR) is 58.7 cm³/mol. The van der Waals surface area contributed by atoms with Crippen molar-refractivity contribution in [3.05, 3.63) is 29.8 Å². The first kappa shape index (κ1) is 9.08. The molecular formula is C9H9N3OS. The monoisotopic (exact) mass is 207 g/mol. The maximum Gasteiger partial charge on any atom is 0.165 e. The number of anilines is 1. The second kappa shape index (κ2) is 3.71. The molecule has 0 aliphatic carbocycles. The van der Waals surface area contributed by atoms with E-state index in [1.807, 2.05) is 17.0 Å². The van der Waals surface area contributed by atoms with Crippen molar-refractivity contribution in [1.82, 2.24) is 5.43 Å². The molecule has 0 fully saturated rings. The van der Waals surface area contributed by atoms with Crippen LogP contribution in [0.5, 0.6) is 0 Å². The van der Waals surface area contributed by atoms with Crippen LogP contribution in [0.2, 0.25) is 0 Å². The van der Waals surface area contributed by atoms with Crippen molar-refractivity contribution < 1.29 is 4.79 Å². The van der Waals surface area contributed by atoms with E-state index < -0.39 is 0 Å². The Balaban J connectivity index is 2.24. The topological polar surface area (TPSA) is 44.7 Å². The van der Waals surface area contributed by atoms with E-state index in [0.717, 1.165) is 12.0 Å². The van der Waals surface area contributed by atoms with E-state index >= 15 is 0 Å². The van der Waals surface area contributed by atoms with Gasteiger partial charge in [0.25, 0.3) is 0 Å². The zero-order valence-electron chi connectivity index (χ0n) is 7.29. The van der Waals surface area contributed by atoms with Gasteiger partial charge in [0.1, 0.15) is 12.6 Å². The van der Waals surface area contributed by atoms with Crippen LogP contribution in [0.3, 0.4) is 0 Å². The second-order valence-electron chi connectivity index (χ2n) is 2.86. The lowest BCUT2D eigenvalue weighted by Gasteiger charge is -2.19. The third-order valence-corrected chi connectivity index (χ3v) is 2.33. The summed E-state index contributed by atoms with van der Waals surface area (Å²) in [5.74, 6) is 0.